The summed E-state index contributed by atoms with van der Waals surface area (Å²) in [6.07, 6.45) is -0.408. The third kappa shape index (κ3) is 3.48. The van der Waals surface area contributed by atoms with Crippen LogP contribution in [0.1, 0.15) is 13.3 Å². The van der Waals surface area contributed by atoms with E-state index in [4.69, 9.17) is 4.74 Å². The maximum atomic E-state index is 12.9. The van der Waals surface area contributed by atoms with Crippen LogP contribution >= 0.6 is 0 Å². The molecule has 3 aromatic rings. The first-order chi connectivity index (χ1) is 15.0. The van der Waals surface area contributed by atoms with Gasteiger partial charge in [0, 0.05) is 24.0 Å². The summed E-state index contributed by atoms with van der Waals surface area (Å²) in [4.78, 5) is 39.1. The minimum Gasteiger partial charge on any atom is -0.479 e. The highest BCUT2D eigenvalue weighted by Gasteiger charge is 2.36. The standard InChI is InChI=1S/C24H21N3O4/c1-14-23(29)26-19-12-17(9-10-21(19)31-14)25-24(30)16-11-22(28)27(13-16)20-8-4-6-15-5-2-3-7-18(15)20/h2-10,12,14,16H,11,13H2,1H3,(H,25,30)(H,26,29). The van der Waals surface area contributed by atoms with Crippen LogP contribution in [0.4, 0.5) is 17.1 Å². The number of nitrogens with zero attached hydrogens (tertiary/aromatic N) is 1. The predicted octanol–water partition coefficient (Wildman–Crippen LogP) is 3.55. The van der Waals surface area contributed by atoms with E-state index in [9.17, 15) is 14.4 Å². The molecule has 7 heteroatoms. The van der Waals surface area contributed by atoms with Crippen molar-refractivity contribution in [3.63, 3.8) is 0 Å². The molecule has 0 saturated carbocycles. The third-order valence-electron chi connectivity index (χ3n) is 5.73. The van der Waals surface area contributed by atoms with Crippen molar-refractivity contribution in [2.75, 3.05) is 22.1 Å². The second-order valence-corrected chi connectivity index (χ2v) is 7.85. The van der Waals surface area contributed by atoms with Crippen molar-refractivity contribution in [1.29, 1.82) is 0 Å². The number of nitrogens with one attached hydrogen (secondary N) is 2. The van der Waals surface area contributed by atoms with Crippen LogP contribution in [0.3, 0.4) is 0 Å². The molecule has 3 aromatic carbocycles. The molecule has 7 nitrogen and oxygen atoms in total. The summed E-state index contributed by atoms with van der Waals surface area (Å²) < 4.78 is 5.54. The molecule has 0 aromatic heterocycles. The molecule has 2 heterocycles. The number of ether oxygens (including phenoxy) is 1. The first-order valence-electron chi connectivity index (χ1n) is 10.2. The molecule has 1 saturated heterocycles. The van der Waals surface area contributed by atoms with Gasteiger partial charge in [-0.2, -0.15) is 0 Å². The normalized spacial score (nSPS) is 20.2. The van der Waals surface area contributed by atoms with Crippen LogP contribution < -0.4 is 20.3 Å². The summed E-state index contributed by atoms with van der Waals surface area (Å²) in [5.41, 5.74) is 1.88. The van der Waals surface area contributed by atoms with Gasteiger partial charge in [-0.3, -0.25) is 14.4 Å². The average molecular weight is 415 g/mol. The van der Waals surface area contributed by atoms with Crippen molar-refractivity contribution in [3.05, 3.63) is 60.7 Å². The highest BCUT2D eigenvalue weighted by Crippen LogP contribution is 2.34. The number of anilines is 3. The quantitative estimate of drug-likeness (QED) is 0.685. The monoisotopic (exact) mass is 415 g/mol. The second kappa shape index (κ2) is 7.43. The van der Waals surface area contributed by atoms with Crippen LogP contribution in [0.5, 0.6) is 5.75 Å². The molecule has 2 unspecified atom stereocenters. The molecule has 2 aliphatic rings. The smallest absolute Gasteiger partial charge is 0.265 e. The van der Waals surface area contributed by atoms with E-state index < -0.39 is 12.0 Å². The van der Waals surface area contributed by atoms with Crippen molar-refractivity contribution < 1.29 is 19.1 Å². The van der Waals surface area contributed by atoms with Gasteiger partial charge >= 0.3 is 0 Å². The van der Waals surface area contributed by atoms with Crippen LogP contribution in [0.25, 0.3) is 10.8 Å². The molecule has 2 aliphatic heterocycles. The van der Waals surface area contributed by atoms with Gasteiger partial charge in [0.1, 0.15) is 5.75 Å². The fourth-order valence-corrected chi connectivity index (χ4v) is 4.09. The third-order valence-corrected chi connectivity index (χ3v) is 5.73. The fourth-order valence-electron chi connectivity index (χ4n) is 4.09. The summed E-state index contributed by atoms with van der Waals surface area (Å²) in [7, 11) is 0. The van der Waals surface area contributed by atoms with Crippen LogP contribution in [0.2, 0.25) is 0 Å². The maximum absolute atomic E-state index is 12.9. The van der Waals surface area contributed by atoms with E-state index in [1.165, 1.54) is 0 Å². The number of benzene rings is 3. The lowest BCUT2D eigenvalue weighted by Crippen LogP contribution is -2.34. The first-order valence-corrected chi connectivity index (χ1v) is 10.2. The number of fused-ring (bicyclic) bond motifs is 2. The van der Waals surface area contributed by atoms with Gasteiger partial charge in [0.05, 0.1) is 17.3 Å². The Kier molecular flexibility index (Phi) is 4.58. The molecule has 0 aliphatic carbocycles. The van der Waals surface area contributed by atoms with Crippen molar-refractivity contribution in [1.82, 2.24) is 0 Å². The van der Waals surface area contributed by atoms with Gasteiger partial charge in [-0.05, 0) is 36.6 Å². The zero-order valence-electron chi connectivity index (χ0n) is 16.9. The Balaban J connectivity index is 1.33. The highest BCUT2D eigenvalue weighted by molar-refractivity contribution is 6.08. The average Bonchev–Trinajstić information content (AvgIpc) is 3.16. The summed E-state index contributed by atoms with van der Waals surface area (Å²) >= 11 is 0. The van der Waals surface area contributed by atoms with Gasteiger partial charge in [-0.25, -0.2) is 0 Å². The molecule has 1 fully saturated rings. The van der Waals surface area contributed by atoms with Crippen molar-refractivity contribution in [2.24, 2.45) is 5.92 Å². The molecule has 0 spiro atoms. The van der Waals surface area contributed by atoms with E-state index in [0.717, 1.165) is 16.5 Å². The molecule has 0 bridgehead atoms. The Morgan fingerprint density at radius 2 is 1.90 bits per heavy atom. The van der Waals surface area contributed by atoms with E-state index in [1.54, 1.807) is 30.0 Å². The molecule has 2 atom stereocenters. The SMILES string of the molecule is CC1Oc2ccc(NC(=O)C3CC(=O)N(c4cccc5ccccc45)C3)cc2NC1=O. The minimum absolute atomic E-state index is 0.0726. The van der Waals surface area contributed by atoms with Crippen LogP contribution in [-0.2, 0) is 14.4 Å². The van der Waals surface area contributed by atoms with Gasteiger partial charge in [0.2, 0.25) is 11.8 Å². The van der Waals surface area contributed by atoms with Crippen molar-refractivity contribution >= 4 is 45.6 Å². The number of carbonyl (C=O) groups excluding carboxylic acids is 3. The molecular formula is C24H21N3O4. The number of carbonyl (C=O) groups is 3. The van der Waals surface area contributed by atoms with Gasteiger partial charge in [-0.15, -0.1) is 0 Å². The fraction of sp³-hybridized carbons (Fsp3) is 0.208. The minimum atomic E-state index is -0.558. The topological polar surface area (TPSA) is 87.7 Å². The lowest BCUT2D eigenvalue weighted by atomic mass is 10.1. The summed E-state index contributed by atoms with van der Waals surface area (Å²) in [5, 5.41) is 7.67. The highest BCUT2D eigenvalue weighted by atomic mass is 16.5. The molecule has 31 heavy (non-hydrogen) atoms. The maximum Gasteiger partial charge on any atom is 0.265 e. The van der Waals surface area contributed by atoms with Gasteiger partial charge in [-0.1, -0.05) is 36.4 Å². The van der Waals surface area contributed by atoms with Crippen LogP contribution in [0.15, 0.2) is 60.7 Å². The Hall–Kier alpha value is -3.87. The van der Waals surface area contributed by atoms with E-state index >= 15 is 0 Å². The zero-order valence-corrected chi connectivity index (χ0v) is 16.9. The lowest BCUT2D eigenvalue weighted by Gasteiger charge is -2.24. The molecule has 0 radical (unpaired) electrons. The zero-order chi connectivity index (χ0) is 21.5. The van der Waals surface area contributed by atoms with E-state index in [0.29, 0.717) is 23.7 Å². The number of amides is 3. The van der Waals surface area contributed by atoms with Gasteiger partial charge in [0.15, 0.2) is 6.10 Å². The molecule has 5 rings (SSSR count). The predicted molar refractivity (Wildman–Crippen MR) is 118 cm³/mol. The summed E-state index contributed by atoms with van der Waals surface area (Å²) in [6, 6.07) is 18.8. The van der Waals surface area contributed by atoms with Crippen LogP contribution in [0, 0.1) is 5.92 Å². The Labute approximate surface area is 179 Å². The second-order valence-electron chi connectivity index (χ2n) is 7.85. The van der Waals surface area contributed by atoms with E-state index in [1.807, 2.05) is 42.5 Å². The van der Waals surface area contributed by atoms with Crippen LogP contribution in [-0.4, -0.2) is 30.4 Å². The summed E-state index contributed by atoms with van der Waals surface area (Å²) in [5.74, 6) is -0.441. The van der Waals surface area contributed by atoms with Crippen molar-refractivity contribution in [2.45, 2.75) is 19.4 Å². The first kappa shape index (κ1) is 19.1. The molecule has 3 amide bonds. The van der Waals surface area contributed by atoms with E-state index in [2.05, 4.69) is 10.6 Å². The molecule has 2 N–H and O–H groups in total. The Morgan fingerprint density at radius 1 is 1.10 bits per heavy atom. The largest absolute Gasteiger partial charge is 0.479 e. The van der Waals surface area contributed by atoms with E-state index in [-0.39, 0.29) is 24.1 Å². The molecule has 156 valence electrons. The summed E-state index contributed by atoms with van der Waals surface area (Å²) in [6.45, 7) is 1.99. The molecular weight excluding hydrogens is 394 g/mol. The van der Waals surface area contributed by atoms with Crippen molar-refractivity contribution in [3.8, 4) is 5.75 Å². The lowest BCUT2D eigenvalue weighted by molar-refractivity contribution is -0.122. The number of rotatable bonds is 3. The van der Waals surface area contributed by atoms with Gasteiger partial charge in [0.25, 0.3) is 5.91 Å². The Bertz CT molecular complexity index is 1220. The number of hydrogen-bond donors (Lipinski definition) is 2. The number of hydrogen-bond acceptors (Lipinski definition) is 4. The Morgan fingerprint density at radius 3 is 2.77 bits per heavy atom. The van der Waals surface area contributed by atoms with Gasteiger partial charge < -0.3 is 20.3 Å².